The first-order chi connectivity index (χ1) is 7.75. The van der Waals surface area contributed by atoms with Crippen LogP contribution in [0.2, 0.25) is 0 Å². The van der Waals surface area contributed by atoms with E-state index in [1.807, 2.05) is 27.7 Å². The molecule has 2 N–H and O–H groups in total. The third-order valence-corrected chi connectivity index (χ3v) is 2.57. The monoisotopic (exact) mass is 241 g/mol. The summed E-state index contributed by atoms with van der Waals surface area (Å²) < 4.78 is 0. The van der Waals surface area contributed by atoms with E-state index in [-0.39, 0.29) is 12.6 Å². The molecule has 0 radical (unpaired) electrons. The van der Waals surface area contributed by atoms with Gasteiger partial charge in [-0.1, -0.05) is 17.7 Å². The topological polar surface area (TPSA) is 60.8 Å². The first kappa shape index (κ1) is 15.7. The van der Waals surface area contributed by atoms with Gasteiger partial charge in [-0.25, -0.2) is 4.79 Å². The zero-order valence-corrected chi connectivity index (χ0v) is 11.1. The van der Waals surface area contributed by atoms with Crippen molar-refractivity contribution < 1.29 is 15.0 Å². The van der Waals surface area contributed by atoms with Crippen LogP contribution in [0.25, 0.3) is 0 Å². The van der Waals surface area contributed by atoms with E-state index in [0.29, 0.717) is 6.42 Å². The molecule has 0 aromatic rings. The van der Waals surface area contributed by atoms with Crippen LogP contribution >= 0.6 is 0 Å². The van der Waals surface area contributed by atoms with Crippen molar-refractivity contribution in [1.82, 2.24) is 4.90 Å². The Hall–Kier alpha value is -1.29. The summed E-state index contributed by atoms with van der Waals surface area (Å²) >= 11 is 0. The highest BCUT2D eigenvalue weighted by Gasteiger charge is 2.33. The van der Waals surface area contributed by atoms with Gasteiger partial charge in [0.15, 0.2) is 0 Å². The Bertz CT molecular complexity index is 302. The largest absolute Gasteiger partial charge is 0.465 e. The van der Waals surface area contributed by atoms with Crippen molar-refractivity contribution in [2.75, 3.05) is 6.61 Å². The second kappa shape index (κ2) is 6.45. The van der Waals surface area contributed by atoms with E-state index in [2.05, 4.69) is 6.58 Å². The molecule has 0 aliphatic rings. The molecule has 0 rings (SSSR count). The van der Waals surface area contributed by atoms with Gasteiger partial charge >= 0.3 is 6.09 Å². The van der Waals surface area contributed by atoms with Crippen LogP contribution in [0.3, 0.4) is 0 Å². The van der Waals surface area contributed by atoms with E-state index >= 15 is 0 Å². The molecule has 0 aromatic heterocycles. The van der Waals surface area contributed by atoms with Crippen molar-refractivity contribution in [1.29, 1.82) is 0 Å². The van der Waals surface area contributed by atoms with E-state index in [1.54, 1.807) is 12.2 Å². The molecule has 0 unspecified atom stereocenters. The molecule has 0 heterocycles. The molecular formula is C13H23NO3. The molecule has 0 bridgehead atoms. The lowest BCUT2D eigenvalue weighted by Gasteiger charge is -2.40. The third kappa shape index (κ3) is 4.61. The number of amides is 1. The van der Waals surface area contributed by atoms with E-state index in [4.69, 9.17) is 5.11 Å². The Morgan fingerprint density at radius 1 is 1.47 bits per heavy atom. The molecule has 1 atom stereocenters. The Morgan fingerprint density at radius 3 is 2.29 bits per heavy atom. The summed E-state index contributed by atoms with van der Waals surface area (Å²) in [6.45, 7) is 10.9. The van der Waals surface area contributed by atoms with Crippen LogP contribution in [-0.2, 0) is 0 Å². The van der Waals surface area contributed by atoms with Gasteiger partial charge in [0.1, 0.15) is 0 Å². The van der Waals surface area contributed by atoms with Crippen LogP contribution in [-0.4, -0.2) is 39.4 Å². The van der Waals surface area contributed by atoms with Crippen LogP contribution in [0.5, 0.6) is 0 Å². The normalized spacial score (nSPS) is 14.3. The molecule has 98 valence electrons. The lowest BCUT2D eigenvalue weighted by Crippen LogP contribution is -2.51. The first-order valence-corrected chi connectivity index (χ1v) is 5.66. The van der Waals surface area contributed by atoms with Crippen molar-refractivity contribution in [3.63, 3.8) is 0 Å². The molecule has 17 heavy (non-hydrogen) atoms. The minimum atomic E-state index is -0.963. The lowest BCUT2D eigenvalue weighted by molar-refractivity contribution is 0.0806. The van der Waals surface area contributed by atoms with E-state index in [0.717, 1.165) is 5.57 Å². The van der Waals surface area contributed by atoms with Crippen LogP contribution in [0.15, 0.2) is 24.3 Å². The number of hydrogen-bond donors (Lipinski definition) is 2. The lowest BCUT2D eigenvalue weighted by atomic mass is 9.96. The van der Waals surface area contributed by atoms with E-state index < -0.39 is 11.6 Å². The average molecular weight is 241 g/mol. The predicted octanol–water partition coefficient (Wildman–Crippen LogP) is 2.65. The van der Waals surface area contributed by atoms with Gasteiger partial charge in [-0.2, -0.15) is 0 Å². The maximum absolute atomic E-state index is 11.4. The molecular weight excluding hydrogens is 218 g/mol. The van der Waals surface area contributed by atoms with Gasteiger partial charge in [0.05, 0.1) is 12.6 Å². The summed E-state index contributed by atoms with van der Waals surface area (Å²) in [6.07, 6.45) is 2.90. The molecule has 0 saturated heterocycles. The summed E-state index contributed by atoms with van der Waals surface area (Å²) in [5.74, 6) is 0. The van der Waals surface area contributed by atoms with Crippen LogP contribution in [0.4, 0.5) is 4.79 Å². The molecule has 0 aliphatic carbocycles. The molecule has 4 nitrogen and oxygen atoms in total. The fraction of sp³-hybridized carbons (Fsp3) is 0.615. The standard InChI is InChI=1S/C13H23NO3/c1-6-7-11(10(2)8-9-15)14(12(16)17)13(3,4)5/h6,8,11,15H,1,7,9H2,2-5H3,(H,16,17)/b10-8+/t11-/m0/s1. The van der Waals surface area contributed by atoms with Gasteiger partial charge in [-0.15, -0.1) is 6.58 Å². The number of rotatable bonds is 5. The maximum atomic E-state index is 11.4. The van der Waals surface area contributed by atoms with Gasteiger partial charge in [0.25, 0.3) is 0 Å². The van der Waals surface area contributed by atoms with Gasteiger partial charge in [-0.05, 0) is 34.1 Å². The summed E-state index contributed by atoms with van der Waals surface area (Å²) in [4.78, 5) is 12.8. The number of aliphatic hydroxyl groups excluding tert-OH is 1. The molecule has 0 aliphatic heterocycles. The van der Waals surface area contributed by atoms with Crippen LogP contribution in [0.1, 0.15) is 34.1 Å². The van der Waals surface area contributed by atoms with Crippen molar-refractivity contribution in [2.24, 2.45) is 0 Å². The van der Waals surface area contributed by atoms with Crippen LogP contribution in [0, 0.1) is 0 Å². The fourth-order valence-corrected chi connectivity index (χ4v) is 1.82. The zero-order chi connectivity index (χ0) is 13.6. The summed E-state index contributed by atoms with van der Waals surface area (Å²) in [5, 5.41) is 18.2. The van der Waals surface area contributed by atoms with E-state index in [1.165, 1.54) is 4.90 Å². The second-order valence-corrected chi connectivity index (χ2v) is 4.99. The SMILES string of the molecule is C=CC[C@@H](/C(C)=C/CO)N(C(=O)O)C(C)(C)C. The number of carboxylic acid groups (broad SMARTS) is 1. The minimum Gasteiger partial charge on any atom is -0.465 e. The number of nitrogens with zero attached hydrogens (tertiary/aromatic N) is 1. The second-order valence-electron chi connectivity index (χ2n) is 4.99. The van der Waals surface area contributed by atoms with Crippen molar-refractivity contribution in [2.45, 2.75) is 45.7 Å². The average Bonchev–Trinajstić information content (AvgIpc) is 2.14. The smallest absolute Gasteiger partial charge is 0.408 e. The molecule has 0 aromatic carbocycles. The van der Waals surface area contributed by atoms with Gasteiger partial charge in [-0.3, -0.25) is 4.90 Å². The van der Waals surface area contributed by atoms with Crippen LogP contribution < -0.4 is 0 Å². The Morgan fingerprint density at radius 2 is 2.00 bits per heavy atom. The van der Waals surface area contributed by atoms with Crippen molar-refractivity contribution in [3.05, 3.63) is 24.3 Å². The van der Waals surface area contributed by atoms with Crippen molar-refractivity contribution >= 4 is 6.09 Å². The maximum Gasteiger partial charge on any atom is 0.408 e. The Kier molecular flexibility index (Phi) is 5.96. The highest BCUT2D eigenvalue weighted by atomic mass is 16.4. The number of carbonyl (C=O) groups is 1. The highest BCUT2D eigenvalue weighted by Crippen LogP contribution is 2.24. The van der Waals surface area contributed by atoms with Crippen molar-refractivity contribution in [3.8, 4) is 0 Å². The molecule has 1 amide bonds. The van der Waals surface area contributed by atoms with E-state index in [9.17, 15) is 9.90 Å². The number of hydrogen-bond acceptors (Lipinski definition) is 2. The molecule has 0 spiro atoms. The van der Waals surface area contributed by atoms with Gasteiger partial charge in [0.2, 0.25) is 0 Å². The predicted molar refractivity (Wildman–Crippen MR) is 69.1 cm³/mol. The summed E-state index contributed by atoms with van der Waals surface area (Å²) in [6, 6.07) is -0.280. The fourth-order valence-electron chi connectivity index (χ4n) is 1.82. The Labute approximate surface area is 103 Å². The Balaban J connectivity index is 5.31. The first-order valence-electron chi connectivity index (χ1n) is 5.66. The van der Waals surface area contributed by atoms with Gasteiger partial charge in [0, 0.05) is 5.54 Å². The highest BCUT2D eigenvalue weighted by molar-refractivity contribution is 5.67. The quantitative estimate of drug-likeness (QED) is 0.727. The zero-order valence-electron chi connectivity index (χ0n) is 11.1. The summed E-state index contributed by atoms with van der Waals surface area (Å²) in [5.41, 5.74) is 0.342. The van der Waals surface area contributed by atoms with Gasteiger partial charge < -0.3 is 10.2 Å². The molecule has 4 heteroatoms. The number of aliphatic hydroxyl groups is 1. The minimum absolute atomic E-state index is 0.0862. The molecule has 0 fully saturated rings. The summed E-state index contributed by atoms with van der Waals surface area (Å²) in [7, 11) is 0. The molecule has 0 saturated carbocycles. The third-order valence-electron chi connectivity index (χ3n) is 2.57.